The Morgan fingerprint density at radius 1 is 0.964 bits per heavy atom. The molecule has 4 aromatic rings. The third-order valence-corrected chi connectivity index (χ3v) is 11.2. The Balaban J connectivity index is 1.35. The number of piperidine rings is 3. The van der Waals surface area contributed by atoms with Gasteiger partial charge in [-0.1, -0.05) is 47.5 Å². The van der Waals surface area contributed by atoms with Crippen LogP contribution in [0, 0.1) is 17.0 Å². The molecule has 3 N–H and O–H groups in total. The fourth-order valence-electron chi connectivity index (χ4n) is 7.51. The van der Waals surface area contributed by atoms with Gasteiger partial charge in [-0.2, -0.15) is 13.5 Å². The first-order chi connectivity index (χ1) is 26.4. The molecule has 4 aliphatic rings. The summed E-state index contributed by atoms with van der Waals surface area (Å²) in [6.07, 6.45) is 5.49. The number of phenolic OH excluding ortho intramolecular Hbond substituents is 1. The van der Waals surface area contributed by atoms with Crippen LogP contribution in [0.4, 0.5) is 14.5 Å². The standard InChI is InChI=1S/C40H39Cl2F2N3O8/c41-30-18-47(52)19-31(42)29(30)17-28(24-9-10-33(55-40(43)44)34(16-24)53-21-22-7-8-22)36-27(38(49)50)5-2-6-32(36)45-37(25-3-1-4-26(48)15-25)39(51)54-35-20-46-13-11-23(35)12-14-46/h1-6,9-10,15-16,18-19,22-23,28,35,37,40,45,48H,7-8,11-14,17,20-21H2,(H,49,50)/t28-,35-,37?/m0/s1. The van der Waals surface area contributed by atoms with Crippen molar-refractivity contribution in [3.8, 4) is 17.2 Å². The van der Waals surface area contributed by atoms with Crippen molar-refractivity contribution in [2.45, 2.75) is 56.8 Å². The van der Waals surface area contributed by atoms with E-state index in [1.54, 1.807) is 18.2 Å². The molecule has 4 fully saturated rings. The molecule has 0 spiro atoms. The number of phenols is 1. The van der Waals surface area contributed by atoms with E-state index in [2.05, 4.69) is 10.2 Å². The molecule has 0 amide bonds. The van der Waals surface area contributed by atoms with Gasteiger partial charge in [-0.3, -0.25) is 4.90 Å². The molecule has 3 aromatic carbocycles. The molecular weight excluding hydrogens is 759 g/mol. The molecule has 3 saturated heterocycles. The van der Waals surface area contributed by atoms with Crippen LogP contribution >= 0.6 is 23.2 Å². The van der Waals surface area contributed by atoms with E-state index in [-0.39, 0.29) is 75.1 Å². The highest BCUT2D eigenvalue weighted by Gasteiger charge is 2.39. The van der Waals surface area contributed by atoms with Crippen molar-refractivity contribution in [1.29, 1.82) is 0 Å². The number of ether oxygens (including phenoxy) is 3. The number of rotatable bonds is 15. The number of pyridine rings is 1. The summed E-state index contributed by atoms with van der Waals surface area (Å²) in [5.74, 6) is -2.66. The second-order valence-electron chi connectivity index (χ2n) is 14.2. The van der Waals surface area contributed by atoms with Crippen LogP contribution in [0.3, 0.4) is 0 Å². The molecule has 3 atom stereocenters. The number of hydrogen-bond acceptors (Lipinski definition) is 9. The second kappa shape index (κ2) is 16.5. The van der Waals surface area contributed by atoms with E-state index < -0.39 is 30.5 Å². The monoisotopic (exact) mass is 797 g/mol. The van der Waals surface area contributed by atoms with Gasteiger partial charge in [0.15, 0.2) is 29.9 Å². The van der Waals surface area contributed by atoms with Gasteiger partial charge < -0.3 is 34.9 Å². The number of nitrogens with one attached hydrogen (secondary N) is 1. The van der Waals surface area contributed by atoms with Crippen molar-refractivity contribution in [3.63, 3.8) is 0 Å². The second-order valence-corrected chi connectivity index (χ2v) is 15.1. The zero-order valence-electron chi connectivity index (χ0n) is 29.5. The fraction of sp³-hybridized carbons (Fsp3) is 0.375. The summed E-state index contributed by atoms with van der Waals surface area (Å²) in [7, 11) is 0. The minimum Gasteiger partial charge on any atom is -0.619 e. The lowest BCUT2D eigenvalue weighted by molar-refractivity contribution is -0.605. The smallest absolute Gasteiger partial charge is 0.387 e. The molecule has 0 radical (unpaired) electrons. The predicted octanol–water partition coefficient (Wildman–Crippen LogP) is 7.59. The lowest BCUT2D eigenvalue weighted by atomic mass is 9.82. The SMILES string of the molecule is O=C(O)c1cccc(NC(C(=O)O[C@H]2CN3CCC2CC3)c2cccc(O)c2)c1[C@@H](Cc1c(Cl)c[n+]([O-])cc1Cl)c1ccc(OC(F)F)c(OCC2CC2)c1. The van der Waals surface area contributed by atoms with E-state index in [1.165, 1.54) is 42.5 Å². The van der Waals surface area contributed by atoms with Crippen molar-refractivity contribution in [2.24, 2.45) is 11.8 Å². The van der Waals surface area contributed by atoms with Crippen LogP contribution in [0.1, 0.15) is 70.3 Å². The Morgan fingerprint density at radius 2 is 1.69 bits per heavy atom. The molecule has 2 bridgehead atoms. The molecule has 55 heavy (non-hydrogen) atoms. The highest BCUT2D eigenvalue weighted by atomic mass is 35.5. The Bertz CT molecular complexity index is 2040. The van der Waals surface area contributed by atoms with Crippen LogP contribution in [0.15, 0.2) is 73.1 Å². The van der Waals surface area contributed by atoms with E-state index in [0.717, 1.165) is 51.2 Å². The van der Waals surface area contributed by atoms with Crippen LogP contribution in [-0.2, 0) is 16.0 Å². The lowest BCUT2D eigenvalue weighted by Gasteiger charge is -2.44. The first-order valence-electron chi connectivity index (χ1n) is 18.1. The maximum Gasteiger partial charge on any atom is 0.387 e. The van der Waals surface area contributed by atoms with Crippen molar-refractivity contribution in [2.75, 3.05) is 31.6 Å². The van der Waals surface area contributed by atoms with E-state index in [4.69, 9.17) is 37.4 Å². The number of carboxylic acids is 1. The number of fused-ring (bicyclic) bond motifs is 3. The van der Waals surface area contributed by atoms with Gasteiger partial charge in [0, 0.05) is 23.7 Å². The average molecular weight is 799 g/mol. The Hall–Kier alpha value is -4.85. The van der Waals surface area contributed by atoms with Crippen LogP contribution in [-0.4, -0.2) is 66.0 Å². The van der Waals surface area contributed by atoms with Crippen molar-refractivity contribution < 1.29 is 47.5 Å². The summed E-state index contributed by atoms with van der Waals surface area (Å²) >= 11 is 13.2. The Morgan fingerprint density at radius 3 is 2.33 bits per heavy atom. The van der Waals surface area contributed by atoms with Crippen molar-refractivity contribution in [3.05, 3.63) is 116 Å². The molecular formula is C40H39Cl2F2N3O8. The van der Waals surface area contributed by atoms with Crippen LogP contribution in [0.2, 0.25) is 10.0 Å². The number of aromatic carboxylic acids is 1. The Labute approximate surface area is 325 Å². The zero-order chi connectivity index (χ0) is 38.8. The van der Waals surface area contributed by atoms with E-state index in [9.17, 15) is 33.8 Å². The van der Waals surface area contributed by atoms with Crippen LogP contribution in [0.5, 0.6) is 17.2 Å². The summed E-state index contributed by atoms with van der Waals surface area (Å²) in [5.41, 5.74) is 1.36. The van der Waals surface area contributed by atoms with Crippen molar-refractivity contribution >= 4 is 40.8 Å². The minimum absolute atomic E-state index is 0.0106. The molecule has 1 aromatic heterocycles. The summed E-state index contributed by atoms with van der Waals surface area (Å²) < 4.78 is 44.4. The number of halogens is 4. The number of aromatic nitrogens is 1. The van der Waals surface area contributed by atoms with Crippen molar-refractivity contribution in [1.82, 2.24) is 4.90 Å². The van der Waals surface area contributed by atoms with Gasteiger partial charge in [-0.25, -0.2) is 9.59 Å². The number of anilines is 1. The zero-order valence-corrected chi connectivity index (χ0v) is 31.0. The third kappa shape index (κ3) is 9.01. The molecule has 290 valence electrons. The number of esters is 1. The molecule has 1 unspecified atom stereocenters. The number of carbonyl (C=O) groups is 2. The molecule has 4 heterocycles. The number of alkyl halides is 2. The van der Waals surface area contributed by atoms with Gasteiger partial charge in [0.05, 0.1) is 12.2 Å². The highest BCUT2D eigenvalue weighted by molar-refractivity contribution is 6.35. The summed E-state index contributed by atoms with van der Waals surface area (Å²) in [6, 6.07) is 13.8. The summed E-state index contributed by atoms with van der Waals surface area (Å²) in [5, 5.41) is 36.6. The first-order valence-corrected chi connectivity index (χ1v) is 18.8. The first kappa shape index (κ1) is 38.4. The molecule has 8 rings (SSSR count). The van der Waals surface area contributed by atoms with Gasteiger partial charge in [0.2, 0.25) is 0 Å². The maximum absolute atomic E-state index is 14.2. The minimum atomic E-state index is -3.13. The molecule has 11 nitrogen and oxygen atoms in total. The highest BCUT2D eigenvalue weighted by Crippen LogP contribution is 2.43. The van der Waals surface area contributed by atoms with E-state index >= 15 is 0 Å². The van der Waals surface area contributed by atoms with Gasteiger partial charge in [-0.15, -0.1) is 0 Å². The van der Waals surface area contributed by atoms with Gasteiger partial charge >= 0.3 is 18.6 Å². The van der Waals surface area contributed by atoms with Gasteiger partial charge in [0.25, 0.3) is 0 Å². The van der Waals surface area contributed by atoms with E-state index in [0.29, 0.717) is 28.0 Å². The largest absolute Gasteiger partial charge is 0.619 e. The number of carboxylic acid groups (broad SMARTS) is 1. The normalized spacial score (nSPS) is 20.1. The van der Waals surface area contributed by atoms with Gasteiger partial charge in [-0.05, 0) is 110 Å². The third-order valence-electron chi connectivity index (χ3n) is 10.5. The predicted molar refractivity (Wildman–Crippen MR) is 199 cm³/mol. The van der Waals surface area contributed by atoms with Crippen LogP contribution < -0.4 is 19.5 Å². The number of nitrogens with zero attached hydrogens (tertiary/aromatic N) is 2. The quantitative estimate of drug-likeness (QED) is 0.0626. The Kier molecular flexibility index (Phi) is 11.5. The van der Waals surface area contributed by atoms with Crippen LogP contribution in [0.25, 0.3) is 0 Å². The maximum atomic E-state index is 14.2. The molecule has 15 heteroatoms. The number of aromatic hydroxyl groups is 1. The van der Waals surface area contributed by atoms with Gasteiger partial charge in [0.1, 0.15) is 21.9 Å². The molecule has 3 aliphatic heterocycles. The molecule has 1 saturated carbocycles. The average Bonchev–Trinajstić information content (AvgIpc) is 3.98. The lowest BCUT2D eigenvalue weighted by Crippen LogP contribution is -2.52. The fourth-order valence-corrected chi connectivity index (χ4v) is 8.11. The number of benzene rings is 3. The topological polar surface area (TPSA) is 144 Å². The molecule has 1 aliphatic carbocycles. The summed E-state index contributed by atoms with van der Waals surface area (Å²) in [6.45, 7) is -0.397. The summed E-state index contributed by atoms with van der Waals surface area (Å²) in [4.78, 5) is 29.5. The number of hydrogen-bond donors (Lipinski definition) is 3. The van der Waals surface area contributed by atoms with E-state index in [1.807, 2.05) is 0 Å². The number of carbonyl (C=O) groups excluding carboxylic acids is 1.